The lowest BCUT2D eigenvalue weighted by Crippen LogP contribution is -3.00. The molecule has 0 fully saturated rings. The van der Waals surface area contributed by atoms with Gasteiger partial charge >= 0.3 is 0 Å². The molecular weight excluding hydrogens is 365 g/mol. The van der Waals surface area contributed by atoms with Crippen molar-refractivity contribution in [3.8, 4) is 11.3 Å². The van der Waals surface area contributed by atoms with Gasteiger partial charge in [-0.1, -0.05) is 36.4 Å². The fourth-order valence-electron chi connectivity index (χ4n) is 2.27. The fourth-order valence-corrected chi connectivity index (χ4v) is 2.27. The molecule has 5 heteroatoms. The van der Waals surface area contributed by atoms with Gasteiger partial charge in [-0.2, -0.15) is 0 Å². The van der Waals surface area contributed by atoms with Gasteiger partial charge in [-0.15, -0.1) is 0 Å². The Morgan fingerprint density at radius 1 is 1.10 bits per heavy atom. The first-order chi connectivity index (χ1) is 9.25. The SMILES string of the molecule is NC(=O)Cn1c(-c2ccccc2)c[n+]2ccccc12.[I-]. The van der Waals surface area contributed by atoms with Gasteiger partial charge in [0, 0.05) is 11.6 Å². The highest BCUT2D eigenvalue weighted by Crippen LogP contribution is 2.20. The summed E-state index contributed by atoms with van der Waals surface area (Å²) in [7, 11) is 0. The lowest BCUT2D eigenvalue weighted by molar-refractivity contribution is -0.510. The van der Waals surface area contributed by atoms with Crippen LogP contribution in [-0.2, 0) is 11.3 Å². The molecule has 0 unspecified atom stereocenters. The number of hydrogen-bond donors (Lipinski definition) is 1. The number of rotatable bonds is 3. The van der Waals surface area contributed by atoms with Crippen molar-refractivity contribution in [2.24, 2.45) is 5.73 Å². The summed E-state index contributed by atoms with van der Waals surface area (Å²) < 4.78 is 3.92. The van der Waals surface area contributed by atoms with E-state index >= 15 is 0 Å². The van der Waals surface area contributed by atoms with Crippen LogP contribution in [-0.4, -0.2) is 10.5 Å². The van der Waals surface area contributed by atoms with Crippen LogP contribution < -0.4 is 34.1 Å². The highest BCUT2D eigenvalue weighted by molar-refractivity contribution is 5.75. The van der Waals surface area contributed by atoms with E-state index in [0.717, 1.165) is 16.9 Å². The van der Waals surface area contributed by atoms with Gasteiger partial charge in [0.25, 0.3) is 11.6 Å². The summed E-state index contributed by atoms with van der Waals surface area (Å²) >= 11 is 0. The highest BCUT2D eigenvalue weighted by atomic mass is 127. The molecule has 1 aromatic carbocycles. The van der Waals surface area contributed by atoms with E-state index in [0.29, 0.717) is 0 Å². The molecule has 0 aliphatic carbocycles. The number of nitrogens with zero attached hydrogens (tertiary/aromatic N) is 2. The van der Waals surface area contributed by atoms with Crippen molar-refractivity contribution in [1.29, 1.82) is 0 Å². The molecule has 2 N–H and O–H groups in total. The molecule has 0 aliphatic rings. The average Bonchev–Trinajstić information content (AvgIpc) is 2.78. The number of primary amides is 1. The summed E-state index contributed by atoms with van der Waals surface area (Å²) in [6, 6.07) is 15.8. The van der Waals surface area contributed by atoms with Crippen LogP contribution in [0, 0.1) is 0 Å². The number of amides is 1. The summed E-state index contributed by atoms with van der Waals surface area (Å²) in [6.45, 7) is 0.171. The Morgan fingerprint density at radius 2 is 1.80 bits per heavy atom. The van der Waals surface area contributed by atoms with Crippen molar-refractivity contribution in [3.63, 3.8) is 0 Å². The Morgan fingerprint density at radius 3 is 2.50 bits per heavy atom. The first-order valence-corrected chi connectivity index (χ1v) is 6.09. The van der Waals surface area contributed by atoms with E-state index in [9.17, 15) is 4.79 Å². The predicted molar refractivity (Wildman–Crippen MR) is 72.2 cm³/mol. The van der Waals surface area contributed by atoms with Crippen LogP contribution in [0.2, 0.25) is 0 Å². The summed E-state index contributed by atoms with van der Waals surface area (Å²) in [6.07, 6.45) is 3.97. The quantitative estimate of drug-likeness (QED) is 0.432. The zero-order chi connectivity index (χ0) is 13.2. The Balaban J connectivity index is 0.00000147. The van der Waals surface area contributed by atoms with Gasteiger partial charge in [0.15, 0.2) is 12.2 Å². The number of imidazole rings is 1. The zero-order valence-electron chi connectivity index (χ0n) is 10.7. The van der Waals surface area contributed by atoms with Crippen LogP contribution in [0.1, 0.15) is 0 Å². The van der Waals surface area contributed by atoms with Crippen molar-refractivity contribution in [1.82, 2.24) is 4.57 Å². The minimum absolute atomic E-state index is 0. The van der Waals surface area contributed by atoms with E-state index < -0.39 is 0 Å². The van der Waals surface area contributed by atoms with Crippen molar-refractivity contribution in [3.05, 3.63) is 60.9 Å². The Hall–Kier alpha value is -1.89. The number of fused-ring (bicyclic) bond motifs is 1. The third kappa shape index (κ3) is 2.67. The third-order valence-electron chi connectivity index (χ3n) is 3.08. The van der Waals surface area contributed by atoms with Crippen LogP contribution in [0.4, 0.5) is 0 Å². The second kappa shape index (κ2) is 6.04. The molecule has 0 radical (unpaired) electrons. The van der Waals surface area contributed by atoms with Gasteiger partial charge in [-0.3, -0.25) is 4.79 Å². The molecule has 0 bridgehead atoms. The largest absolute Gasteiger partial charge is 1.00 e. The van der Waals surface area contributed by atoms with Gasteiger partial charge in [-0.05, 0) is 6.07 Å². The van der Waals surface area contributed by atoms with Gasteiger partial charge in [0.05, 0.1) is 6.20 Å². The molecule has 2 aromatic heterocycles. The molecule has 1 amide bonds. The van der Waals surface area contributed by atoms with E-state index in [1.165, 1.54) is 0 Å². The number of pyridine rings is 1. The maximum atomic E-state index is 11.3. The molecule has 0 saturated carbocycles. The van der Waals surface area contributed by atoms with Crippen molar-refractivity contribution < 1.29 is 33.2 Å². The molecular formula is C15H14IN3O. The van der Waals surface area contributed by atoms with Crippen molar-refractivity contribution >= 4 is 11.6 Å². The molecule has 102 valence electrons. The first kappa shape index (κ1) is 14.5. The van der Waals surface area contributed by atoms with Gasteiger partial charge in [0.1, 0.15) is 6.20 Å². The van der Waals surface area contributed by atoms with Crippen LogP contribution >= 0.6 is 0 Å². The van der Waals surface area contributed by atoms with Crippen LogP contribution in [0.15, 0.2) is 60.9 Å². The van der Waals surface area contributed by atoms with Gasteiger partial charge in [0.2, 0.25) is 0 Å². The molecule has 0 aliphatic heterocycles. The van der Waals surface area contributed by atoms with Crippen LogP contribution in [0.5, 0.6) is 0 Å². The fraction of sp³-hybridized carbons (Fsp3) is 0.0667. The molecule has 0 saturated heterocycles. The molecule has 3 aromatic rings. The number of halogens is 1. The molecule has 3 rings (SSSR count). The summed E-state index contributed by atoms with van der Waals surface area (Å²) in [5.74, 6) is -0.348. The second-order valence-electron chi connectivity index (χ2n) is 4.40. The van der Waals surface area contributed by atoms with Crippen LogP contribution in [0.3, 0.4) is 0 Å². The number of carbonyl (C=O) groups excluding carboxylic acids is 1. The second-order valence-corrected chi connectivity index (χ2v) is 4.40. The summed E-state index contributed by atoms with van der Waals surface area (Å²) in [5, 5.41) is 0. The minimum atomic E-state index is -0.348. The zero-order valence-corrected chi connectivity index (χ0v) is 12.9. The maximum absolute atomic E-state index is 11.3. The number of benzene rings is 1. The van der Waals surface area contributed by atoms with E-state index in [1.54, 1.807) is 0 Å². The lowest BCUT2D eigenvalue weighted by Gasteiger charge is -2.00. The topological polar surface area (TPSA) is 52.1 Å². The number of carbonyl (C=O) groups is 1. The van der Waals surface area contributed by atoms with E-state index in [2.05, 4.69) is 0 Å². The normalized spacial score (nSPS) is 10.2. The molecule has 2 heterocycles. The number of aromatic nitrogens is 2. The maximum Gasteiger partial charge on any atom is 0.287 e. The number of hydrogen-bond acceptors (Lipinski definition) is 1. The molecule has 0 spiro atoms. The Bertz CT molecular complexity index is 737. The highest BCUT2D eigenvalue weighted by Gasteiger charge is 2.19. The lowest BCUT2D eigenvalue weighted by atomic mass is 10.2. The molecule has 0 atom stereocenters. The van der Waals surface area contributed by atoms with Gasteiger partial charge in [-0.25, -0.2) is 8.97 Å². The van der Waals surface area contributed by atoms with E-state index in [1.807, 2.05) is 69.9 Å². The Labute approximate surface area is 133 Å². The Kier molecular flexibility index (Phi) is 4.39. The van der Waals surface area contributed by atoms with E-state index in [4.69, 9.17) is 5.73 Å². The summed E-state index contributed by atoms with van der Waals surface area (Å²) in [5.41, 5.74) is 8.34. The molecule has 20 heavy (non-hydrogen) atoms. The smallest absolute Gasteiger partial charge is 0.287 e. The van der Waals surface area contributed by atoms with Gasteiger partial charge < -0.3 is 29.7 Å². The molecule has 4 nitrogen and oxygen atoms in total. The standard InChI is InChI=1S/C15H13N3O.HI/c16-14(19)11-18-13(12-6-2-1-3-7-12)10-17-9-5-4-8-15(17)18;/h1-10H,11H2,(H-,16,19);1H. The first-order valence-electron chi connectivity index (χ1n) is 6.09. The monoisotopic (exact) mass is 379 g/mol. The third-order valence-corrected chi connectivity index (χ3v) is 3.08. The van der Waals surface area contributed by atoms with Crippen molar-refractivity contribution in [2.45, 2.75) is 6.54 Å². The summed E-state index contributed by atoms with van der Waals surface area (Å²) in [4.78, 5) is 11.3. The number of nitrogens with two attached hydrogens (primary N) is 1. The van der Waals surface area contributed by atoms with Crippen molar-refractivity contribution in [2.75, 3.05) is 0 Å². The minimum Gasteiger partial charge on any atom is -1.00 e. The average molecular weight is 379 g/mol. The predicted octanol–water partition coefficient (Wildman–Crippen LogP) is -1.62. The van der Waals surface area contributed by atoms with E-state index in [-0.39, 0.29) is 36.4 Å². The van der Waals surface area contributed by atoms with Crippen LogP contribution in [0.25, 0.3) is 16.9 Å².